The van der Waals surface area contributed by atoms with E-state index in [0.29, 0.717) is 5.02 Å². The summed E-state index contributed by atoms with van der Waals surface area (Å²) in [6.45, 7) is 0. The van der Waals surface area contributed by atoms with E-state index >= 15 is 0 Å². The lowest BCUT2D eigenvalue weighted by Crippen LogP contribution is -1.93. The maximum Gasteiger partial charge on any atom is 0.312 e. The molecule has 0 heterocycles. The van der Waals surface area contributed by atoms with Crippen molar-refractivity contribution in [3.05, 3.63) is 57.6 Å². The molecule has 2 aromatic rings. The molecular weight excluding hydrogens is 286 g/mol. The van der Waals surface area contributed by atoms with Gasteiger partial charge in [0, 0.05) is 20.9 Å². The van der Waals surface area contributed by atoms with Crippen molar-refractivity contribution in [3.63, 3.8) is 0 Å². The van der Waals surface area contributed by atoms with Gasteiger partial charge in [-0.2, -0.15) is 0 Å². The highest BCUT2D eigenvalue weighted by Crippen LogP contribution is 2.35. The Morgan fingerprint density at radius 2 is 1.79 bits per heavy atom. The number of hydrogen-bond acceptors (Lipinski definition) is 4. The minimum Gasteiger partial charge on any atom is -0.490 e. The van der Waals surface area contributed by atoms with Gasteiger partial charge >= 0.3 is 5.69 Å². The van der Waals surface area contributed by atoms with E-state index in [9.17, 15) is 10.1 Å². The van der Waals surface area contributed by atoms with Gasteiger partial charge < -0.3 is 4.74 Å². The number of hydrogen-bond donors (Lipinski definition) is 0. The van der Waals surface area contributed by atoms with Gasteiger partial charge in [0.2, 0.25) is 0 Å². The molecule has 0 bridgehead atoms. The normalized spacial score (nSPS) is 10.2. The van der Waals surface area contributed by atoms with Crippen LogP contribution in [-0.4, -0.2) is 12.0 Å². The smallest absolute Gasteiger partial charge is 0.312 e. The Labute approximate surface area is 119 Å². The van der Waals surface area contributed by atoms with Gasteiger partial charge in [0.05, 0.1) is 12.0 Å². The summed E-state index contributed by atoms with van der Waals surface area (Å²) in [6.07, 6.45) is 0. The van der Waals surface area contributed by atoms with Crippen molar-refractivity contribution in [2.45, 2.75) is 9.79 Å². The van der Waals surface area contributed by atoms with Crippen molar-refractivity contribution in [3.8, 4) is 5.75 Å². The van der Waals surface area contributed by atoms with E-state index in [4.69, 9.17) is 16.3 Å². The minimum atomic E-state index is -0.454. The number of ether oxygens (including phenoxy) is 1. The lowest BCUT2D eigenvalue weighted by molar-refractivity contribution is -0.386. The van der Waals surface area contributed by atoms with Crippen LogP contribution in [0.15, 0.2) is 52.3 Å². The Hall–Kier alpha value is -1.72. The van der Waals surface area contributed by atoms with E-state index in [0.717, 1.165) is 9.79 Å². The van der Waals surface area contributed by atoms with Crippen LogP contribution in [0.4, 0.5) is 5.69 Å². The number of methoxy groups -OCH3 is 1. The van der Waals surface area contributed by atoms with E-state index in [1.165, 1.54) is 24.9 Å². The van der Waals surface area contributed by atoms with E-state index in [1.807, 2.05) is 12.1 Å². The van der Waals surface area contributed by atoms with E-state index in [1.54, 1.807) is 24.3 Å². The van der Waals surface area contributed by atoms with E-state index in [2.05, 4.69) is 0 Å². The molecule has 0 saturated heterocycles. The van der Waals surface area contributed by atoms with Gasteiger partial charge in [-0.3, -0.25) is 10.1 Å². The Balaban J connectivity index is 2.28. The number of nitro benzene ring substituents is 1. The zero-order valence-corrected chi connectivity index (χ0v) is 11.6. The first-order valence-electron chi connectivity index (χ1n) is 5.36. The standard InChI is InChI=1S/C13H10ClNO3S/c1-18-13-7-6-11(8-12(13)15(16)17)19-10-4-2-9(14)3-5-10/h2-8H,1H3. The zero-order valence-electron chi connectivity index (χ0n) is 10.00. The Morgan fingerprint density at radius 3 is 2.37 bits per heavy atom. The molecule has 4 nitrogen and oxygen atoms in total. The van der Waals surface area contributed by atoms with Crippen LogP contribution in [0.5, 0.6) is 5.75 Å². The van der Waals surface area contributed by atoms with Crippen molar-refractivity contribution in [1.82, 2.24) is 0 Å². The second-order valence-electron chi connectivity index (χ2n) is 3.65. The fraction of sp³-hybridized carbons (Fsp3) is 0.0769. The fourth-order valence-corrected chi connectivity index (χ4v) is 2.49. The molecule has 2 aromatic carbocycles. The van der Waals surface area contributed by atoms with Gasteiger partial charge in [0.1, 0.15) is 0 Å². The number of rotatable bonds is 4. The fourth-order valence-electron chi connectivity index (χ4n) is 1.51. The average molecular weight is 296 g/mol. The predicted octanol–water partition coefficient (Wildman–Crippen LogP) is 4.41. The maximum absolute atomic E-state index is 10.9. The summed E-state index contributed by atoms with van der Waals surface area (Å²) in [5.74, 6) is 0.255. The quantitative estimate of drug-likeness (QED) is 0.619. The van der Waals surface area contributed by atoms with Gasteiger partial charge in [0.15, 0.2) is 5.75 Å². The number of benzene rings is 2. The van der Waals surface area contributed by atoms with Crippen LogP contribution < -0.4 is 4.74 Å². The number of halogens is 1. The molecule has 0 amide bonds. The lowest BCUT2D eigenvalue weighted by Gasteiger charge is -2.05. The predicted molar refractivity (Wildman–Crippen MR) is 75.2 cm³/mol. The van der Waals surface area contributed by atoms with Crippen molar-refractivity contribution < 1.29 is 9.66 Å². The molecular formula is C13H10ClNO3S. The van der Waals surface area contributed by atoms with Gasteiger partial charge in [0.25, 0.3) is 0 Å². The van der Waals surface area contributed by atoms with Crippen LogP contribution >= 0.6 is 23.4 Å². The SMILES string of the molecule is COc1ccc(Sc2ccc(Cl)cc2)cc1[N+](=O)[O-]. The third-order valence-corrected chi connectivity index (χ3v) is 3.65. The highest BCUT2D eigenvalue weighted by Gasteiger charge is 2.15. The highest BCUT2D eigenvalue weighted by atomic mass is 35.5. The second kappa shape index (κ2) is 5.95. The highest BCUT2D eigenvalue weighted by molar-refractivity contribution is 7.99. The van der Waals surface area contributed by atoms with Gasteiger partial charge in [-0.1, -0.05) is 23.4 Å². The molecule has 2 rings (SSSR count). The summed E-state index contributed by atoms with van der Waals surface area (Å²) < 4.78 is 4.96. The average Bonchev–Trinajstić information content (AvgIpc) is 2.41. The van der Waals surface area contributed by atoms with Gasteiger partial charge in [-0.15, -0.1) is 0 Å². The molecule has 0 unspecified atom stereocenters. The van der Waals surface area contributed by atoms with Crippen molar-refractivity contribution in [2.24, 2.45) is 0 Å². The first-order valence-corrected chi connectivity index (χ1v) is 6.55. The van der Waals surface area contributed by atoms with Gasteiger partial charge in [-0.05, 0) is 36.4 Å². The zero-order chi connectivity index (χ0) is 13.8. The molecule has 0 aliphatic rings. The van der Waals surface area contributed by atoms with E-state index in [-0.39, 0.29) is 11.4 Å². The second-order valence-corrected chi connectivity index (χ2v) is 5.23. The van der Waals surface area contributed by atoms with E-state index < -0.39 is 4.92 Å². The lowest BCUT2D eigenvalue weighted by atomic mass is 10.3. The van der Waals surface area contributed by atoms with Crippen LogP contribution in [0.25, 0.3) is 0 Å². The molecule has 19 heavy (non-hydrogen) atoms. The van der Waals surface area contributed by atoms with Crippen LogP contribution in [0.1, 0.15) is 0 Å². The monoisotopic (exact) mass is 295 g/mol. The van der Waals surface area contributed by atoms with Crippen molar-refractivity contribution >= 4 is 29.1 Å². The molecule has 98 valence electrons. The number of nitrogens with zero attached hydrogens (tertiary/aromatic N) is 1. The molecule has 0 N–H and O–H groups in total. The summed E-state index contributed by atoms with van der Waals surface area (Å²) in [5, 5.41) is 11.6. The van der Waals surface area contributed by atoms with Crippen LogP contribution in [0.2, 0.25) is 5.02 Å². The Morgan fingerprint density at radius 1 is 1.16 bits per heavy atom. The van der Waals surface area contributed by atoms with Crippen LogP contribution in [-0.2, 0) is 0 Å². The molecule has 0 aromatic heterocycles. The minimum absolute atomic E-state index is 0.0403. The molecule has 0 atom stereocenters. The summed E-state index contributed by atoms with van der Waals surface area (Å²) in [4.78, 5) is 12.2. The molecule has 0 aliphatic carbocycles. The molecule has 0 radical (unpaired) electrons. The summed E-state index contributed by atoms with van der Waals surface area (Å²) >= 11 is 7.23. The third kappa shape index (κ3) is 3.39. The van der Waals surface area contributed by atoms with Crippen molar-refractivity contribution in [1.29, 1.82) is 0 Å². The Kier molecular flexibility index (Phi) is 4.29. The largest absolute Gasteiger partial charge is 0.490 e. The first-order chi connectivity index (χ1) is 9.10. The summed E-state index contributed by atoms with van der Waals surface area (Å²) in [6, 6.07) is 12.2. The molecule has 6 heteroatoms. The van der Waals surface area contributed by atoms with Crippen LogP contribution in [0.3, 0.4) is 0 Å². The number of nitro groups is 1. The maximum atomic E-state index is 10.9. The topological polar surface area (TPSA) is 52.4 Å². The third-order valence-electron chi connectivity index (χ3n) is 2.40. The van der Waals surface area contributed by atoms with Gasteiger partial charge in [-0.25, -0.2) is 0 Å². The van der Waals surface area contributed by atoms with Crippen LogP contribution in [0, 0.1) is 10.1 Å². The Bertz CT molecular complexity index is 601. The van der Waals surface area contributed by atoms with Crippen molar-refractivity contribution in [2.75, 3.05) is 7.11 Å². The molecule has 0 saturated carbocycles. The summed E-state index contributed by atoms with van der Waals surface area (Å²) in [5.41, 5.74) is -0.0403. The first kappa shape index (κ1) is 13.7. The summed E-state index contributed by atoms with van der Waals surface area (Å²) in [7, 11) is 1.41. The molecule has 0 fully saturated rings. The molecule has 0 spiro atoms. The molecule has 0 aliphatic heterocycles.